The van der Waals surface area contributed by atoms with Crippen LogP contribution in [0.25, 0.3) is 0 Å². The molecule has 0 aromatic heterocycles. The Morgan fingerprint density at radius 2 is 1.95 bits per heavy atom. The predicted molar refractivity (Wildman–Crippen MR) is 80.5 cm³/mol. The molecule has 5 heteroatoms. The van der Waals surface area contributed by atoms with Gasteiger partial charge in [-0.05, 0) is 18.1 Å². The van der Waals surface area contributed by atoms with E-state index in [9.17, 15) is 9.59 Å². The van der Waals surface area contributed by atoms with E-state index in [0.717, 1.165) is 24.1 Å². The van der Waals surface area contributed by atoms with Crippen molar-refractivity contribution in [3.63, 3.8) is 0 Å². The van der Waals surface area contributed by atoms with Gasteiger partial charge in [0.25, 0.3) is 0 Å². The van der Waals surface area contributed by atoms with Crippen molar-refractivity contribution < 1.29 is 9.59 Å². The minimum Gasteiger partial charge on any atom is -0.342 e. The number of rotatable bonds is 6. The second kappa shape index (κ2) is 8.19. The molecule has 0 saturated carbocycles. The Balaban J connectivity index is 2.65. The van der Waals surface area contributed by atoms with Gasteiger partial charge in [-0.1, -0.05) is 31.5 Å². The Bertz CT molecular complexity index is 460. The molecule has 3 amide bonds. The zero-order valence-electron chi connectivity index (χ0n) is 12.4. The number of unbranched alkanes of at least 4 members (excludes halogenated alkanes) is 1. The molecule has 0 bridgehead atoms. The van der Waals surface area contributed by atoms with Gasteiger partial charge in [-0.15, -0.1) is 0 Å². The molecule has 0 radical (unpaired) electrons. The summed E-state index contributed by atoms with van der Waals surface area (Å²) in [5, 5.41) is 5.63. The molecule has 1 aromatic rings. The second-order valence-corrected chi connectivity index (χ2v) is 4.77. The topological polar surface area (TPSA) is 61.4 Å². The minimum absolute atomic E-state index is 0.00722. The van der Waals surface area contributed by atoms with Crippen LogP contribution in [0.1, 0.15) is 32.3 Å². The summed E-state index contributed by atoms with van der Waals surface area (Å²) < 4.78 is 0. The van der Waals surface area contributed by atoms with E-state index in [1.54, 1.807) is 11.9 Å². The third-order valence-corrected chi connectivity index (χ3v) is 3.03. The normalized spacial score (nSPS) is 9.95. The minimum atomic E-state index is -0.212. The Hall–Kier alpha value is -2.04. The van der Waals surface area contributed by atoms with Gasteiger partial charge < -0.3 is 15.5 Å². The van der Waals surface area contributed by atoms with Crippen molar-refractivity contribution in [3.8, 4) is 0 Å². The standard InChI is InChI=1S/C15H23N3O2/c1-4-5-10-16-15(20)17-14-9-7-6-8-13(14)11-18(3)12(2)19/h6-9H,4-5,10-11H2,1-3H3,(H2,16,17,20). The number of urea groups is 1. The number of para-hydroxylation sites is 1. The molecule has 20 heavy (non-hydrogen) atoms. The molecule has 0 spiro atoms. The molecule has 1 rings (SSSR count). The molecule has 2 N–H and O–H groups in total. The first kappa shape index (κ1) is 16.0. The summed E-state index contributed by atoms with van der Waals surface area (Å²) in [6.07, 6.45) is 2.00. The van der Waals surface area contributed by atoms with E-state index in [2.05, 4.69) is 17.6 Å². The molecule has 0 aliphatic rings. The maximum atomic E-state index is 11.8. The van der Waals surface area contributed by atoms with Gasteiger partial charge in [0.1, 0.15) is 0 Å². The summed E-state index contributed by atoms with van der Waals surface area (Å²) in [6, 6.07) is 7.28. The van der Waals surface area contributed by atoms with Gasteiger partial charge in [0.15, 0.2) is 0 Å². The fourth-order valence-electron chi connectivity index (χ4n) is 1.69. The van der Waals surface area contributed by atoms with Crippen LogP contribution in [0.4, 0.5) is 10.5 Å². The van der Waals surface area contributed by atoms with E-state index in [-0.39, 0.29) is 11.9 Å². The molecule has 0 saturated heterocycles. The predicted octanol–water partition coefficient (Wildman–Crippen LogP) is 2.59. The summed E-state index contributed by atoms with van der Waals surface area (Å²) in [5.41, 5.74) is 1.64. The van der Waals surface area contributed by atoms with Gasteiger partial charge in [0.05, 0.1) is 0 Å². The Labute approximate surface area is 120 Å². The third kappa shape index (κ3) is 5.30. The molecule has 0 aliphatic heterocycles. The number of amides is 3. The van der Waals surface area contributed by atoms with E-state index in [1.807, 2.05) is 24.3 Å². The van der Waals surface area contributed by atoms with Crippen LogP contribution < -0.4 is 10.6 Å². The van der Waals surface area contributed by atoms with E-state index in [4.69, 9.17) is 0 Å². The molecule has 5 nitrogen and oxygen atoms in total. The number of carbonyl (C=O) groups excluding carboxylic acids is 2. The molecular formula is C15H23N3O2. The summed E-state index contributed by atoms with van der Waals surface area (Å²) in [6.45, 7) is 4.73. The van der Waals surface area contributed by atoms with Crippen LogP contribution >= 0.6 is 0 Å². The van der Waals surface area contributed by atoms with Crippen LogP contribution in [0.2, 0.25) is 0 Å². The first-order valence-electron chi connectivity index (χ1n) is 6.89. The fraction of sp³-hybridized carbons (Fsp3) is 0.467. The molecule has 0 fully saturated rings. The van der Waals surface area contributed by atoms with Gasteiger partial charge >= 0.3 is 6.03 Å². The van der Waals surface area contributed by atoms with Gasteiger partial charge in [0, 0.05) is 32.7 Å². The van der Waals surface area contributed by atoms with Gasteiger partial charge in [-0.25, -0.2) is 4.79 Å². The van der Waals surface area contributed by atoms with E-state index >= 15 is 0 Å². The summed E-state index contributed by atoms with van der Waals surface area (Å²) in [4.78, 5) is 24.6. The van der Waals surface area contributed by atoms with Crippen LogP contribution in [0.15, 0.2) is 24.3 Å². The quantitative estimate of drug-likeness (QED) is 0.785. The second-order valence-electron chi connectivity index (χ2n) is 4.77. The maximum absolute atomic E-state index is 11.8. The van der Waals surface area contributed by atoms with Gasteiger partial charge in [-0.2, -0.15) is 0 Å². The van der Waals surface area contributed by atoms with Crippen molar-refractivity contribution in [2.45, 2.75) is 33.2 Å². The van der Waals surface area contributed by atoms with Crippen LogP contribution in [0, 0.1) is 0 Å². The number of hydrogen-bond acceptors (Lipinski definition) is 2. The van der Waals surface area contributed by atoms with E-state index in [0.29, 0.717) is 13.1 Å². The van der Waals surface area contributed by atoms with Crippen molar-refractivity contribution in [1.29, 1.82) is 0 Å². The van der Waals surface area contributed by atoms with Crippen LogP contribution in [0.3, 0.4) is 0 Å². The summed E-state index contributed by atoms with van der Waals surface area (Å²) in [7, 11) is 1.74. The highest BCUT2D eigenvalue weighted by atomic mass is 16.2. The number of anilines is 1. The van der Waals surface area contributed by atoms with Gasteiger partial charge in [0.2, 0.25) is 5.91 Å². The average Bonchev–Trinajstić information content (AvgIpc) is 2.41. The highest BCUT2D eigenvalue weighted by molar-refractivity contribution is 5.90. The fourth-order valence-corrected chi connectivity index (χ4v) is 1.69. The Kier molecular flexibility index (Phi) is 6.56. The van der Waals surface area contributed by atoms with Crippen LogP contribution in [-0.2, 0) is 11.3 Å². The van der Waals surface area contributed by atoms with Crippen molar-refractivity contribution in [1.82, 2.24) is 10.2 Å². The monoisotopic (exact) mass is 277 g/mol. The lowest BCUT2D eigenvalue weighted by Crippen LogP contribution is -2.30. The van der Waals surface area contributed by atoms with Gasteiger partial charge in [-0.3, -0.25) is 4.79 Å². The first-order chi connectivity index (χ1) is 9.54. The highest BCUT2D eigenvalue weighted by Gasteiger charge is 2.09. The average molecular weight is 277 g/mol. The number of nitrogens with zero attached hydrogens (tertiary/aromatic N) is 1. The summed E-state index contributed by atoms with van der Waals surface area (Å²) in [5.74, 6) is -0.00722. The molecule has 0 atom stereocenters. The lowest BCUT2D eigenvalue weighted by atomic mass is 10.1. The SMILES string of the molecule is CCCCNC(=O)Nc1ccccc1CN(C)C(C)=O. The smallest absolute Gasteiger partial charge is 0.319 e. The largest absolute Gasteiger partial charge is 0.342 e. The van der Waals surface area contributed by atoms with Crippen molar-refractivity contribution in [2.75, 3.05) is 18.9 Å². The molecule has 110 valence electrons. The maximum Gasteiger partial charge on any atom is 0.319 e. The highest BCUT2D eigenvalue weighted by Crippen LogP contribution is 2.16. The zero-order valence-corrected chi connectivity index (χ0v) is 12.4. The lowest BCUT2D eigenvalue weighted by molar-refractivity contribution is -0.128. The van der Waals surface area contributed by atoms with E-state index in [1.165, 1.54) is 6.92 Å². The Morgan fingerprint density at radius 3 is 2.60 bits per heavy atom. The summed E-state index contributed by atoms with van der Waals surface area (Å²) >= 11 is 0. The zero-order chi connectivity index (χ0) is 15.0. The first-order valence-corrected chi connectivity index (χ1v) is 6.89. The van der Waals surface area contributed by atoms with E-state index < -0.39 is 0 Å². The lowest BCUT2D eigenvalue weighted by Gasteiger charge is -2.18. The molecule has 0 heterocycles. The van der Waals surface area contributed by atoms with Crippen molar-refractivity contribution >= 4 is 17.6 Å². The molecule has 0 aliphatic carbocycles. The van der Waals surface area contributed by atoms with Crippen LogP contribution in [-0.4, -0.2) is 30.4 Å². The van der Waals surface area contributed by atoms with Crippen LogP contribution in [0.5, 0.6) is 0 Å². The van der Waals surface area contributed by atoms with Crippen molar-refractivity contribution in [2.24, 2.45) is 0 Å². The number of benzene rings is 1. The molecular weight excluding hydrogens is 254 g/mol. The third-order valence-electron chi connectivity index (χ3n) is 3.03. The van der Waals surface area contributed by atoms with Crippen molar-refractivity contribution in [3.05, 3.63) is 29.8 Å². The molecule has 0 unspecified atom stereocenters. The number of carbonyl (C=O) groups is 2. The number of hydrogen-bond donors (Lipinski definition) is 2. The number of nitrogens with one attached hydrogen (secondary N) is 2. The Morgan fingerprint density at radius 1 is 1.25 bits per heavy atom. The molecule has 1 aromatic carbocycles.